The molecular weight excluding hydrogens is 396 g/mol. The van der Waals surface area contributed by atoms with Gasteiger partial charge >= 0.3 is 5.97 Å². The highest BCUT2D eigenvalue weighted by Gasteiger charge is 2.28. The Labute approximate surface area is 179 Å². The number of para-hydroxylation sites is 1. The average Bonchev–Trinajstić information content (AvgIpc) is 3.12. The van der Waals surface area contributed by atoms with E-state index in [1.807, 2.05) is 54.6 Å². The molecule has 6 nitrogen and oxygen atoms in total. The van der Waals surface area contributed by atoms with Gasteiger partial charge < -0.3 is 18.9 Å². The Morgan fingerprint density at radius 1 is 1.00 bits per heavy atom. The van der Waals surface area contributed by atoms with Gasteiger partial charge in [-0.3, -0.25) is 4.79 Å². The van der Waals surface area contributed by atoms with E-state index in [9.17, 15) is 9.59 Å². The van der Waals surface area contributed by atoms with Crippen LogP contribution >= 0.6 is 0 Å². The van der Waals surface area contributed by atoms with Gasteiger partial charge in [-0.25, -0.2) is 4.79 Å². The molecule has 3 aromatic carbocycles. The Hall–Kier alpha value is -4.06. The summed E-state index contributed by atoms with van der Waals surface area (Å²) in [6.07, 6.45) is 1.64. The quantitative estimate of drug-likeness (QED) is 0.419. The number of allylic oxidation sites excluding steroid dienone is 1. The van der Waals surface area contributed by atoms with Crippen molar-refractivity contribution in [1.82, 2.24) is 0 Å². The molecular formula is C25H20O6. The summed E-state index contributed by atoms with van der Waals surface area (Å²) >= 11 is 0. The first kappa shape index (κ1) is 20.2. The van der Waals surface area contributed by atoms with E-state index in [1.54, 1.807) is 31.4 Å². The summed E-state index contributed by atoms with van der Waals surface area (Å²) in [6.45, 7) is -0.0641. The first-order valence-electron chi connectivity index (χ1n) is 9.67. The lowest BCUT2D eigenvalue weighted by Crippen LogP contribution is -2.14. The van der Waals surface area contributed by atoms with Gasteiger partial charge in [-0.15, -0.1) is 0 Å². The van der Waals surface area contributed by atoms with Crippen LogP contribution in [0, 0.1) is 0 Å². The molecule has 156 valence electrons. The Morgan fingerprint density at radius 3 is 2.58 bits per heavy atom. The Balaban J connectivity index is 1.39. The molecule has 0 saturated carbocycles. The van der Waals surface area contributed by atoms with E-state index in [0.717, 1.165) is 11.1 Å². The monoisotopic (exact) mass is 416 g/mol. The van der Waals surface area contributed by atoms with Crippen molar-refractivity contribution in [3.63, 3.8) is 0 Å². The Kier molecular flexibility index (Phi) is 5.98. The molecule has 1 heterocycles. The largest absolute Gasteiger partial charge is 0.496 e. The van der Waals surface area contributed by atoms with Gasteiger partial charge in [-0.1, -0.05) is 48.5 Å². The molecule has 0 saturated heterocycles. The van der Waals surface area contributed by atoms with Crippen LogP contribution in [0.15, 0.2) is 78.6 Å². The third-order valence-electron chi connectivity index (χ3n) is 4.67. The molecule has 0 aliphatic carbocycles. The molecule has 6 heteroatoms. The number of hydrogen-bond acceptors (Lipinski definition) is 6. The van der Waals surface area contributed by atoms with Crippen molar-refractivity contribution in [1.29, 1.82) is 0 Å². The van der Waals surface area contributed by atoms with Crippen LogP contribution in [-0.2, 0) is 16.1 Å². The molecule has 0 fully saturated rings. The van der Waals surface area contributed by atoms with Gasteiger partial charge in [0, 0.05) is 11.6 Å². The number of fused-ring (bicyclic) bond motifs is 1. The highest BCUT2D eigenvalue weighted by atomic mass is 16.6. The maximum atomic E-state index is 12.6. The van der Waals surface area contributed by atoms with Crippen molar-refractivity contribution >= 4 is 17.8 Å². The lowest BCUT2D eigenvalue weighted by molar-refractivity contribution is -0.147. The minimum atomic E-state index is -0.488. The highest BCUT2D eigenvalue weighted by molar-refractivity contribution is 6.14. The van der Waals surface area contributed by atoms with Crippen LogP contribution in [0.3, 0.4) is 0 Å². The lowest BCUT2D eigenvalue weighted by atomic mass is 10.1. The van der Waals surface area contributed by atoms with Gasteiger partial charge in [-0.2, -0.15) is 0 Å². The maximum Gasteiger partial charge on any atom is 0.344 e. The average molecular weight is 416 g/mol. The number of hydrogen-bond donors (Lipinski definition) is 0. The third-order valence-corrected chi connectivity index (χ3v) is 4.67. The molecule has 0 spiro atoms. The van der Waals surface area contributed by atoms with Crippen LogP contribution in [0.2, 0.25) is 0 Å². The molecule has 0 atom stereocenters. The second-order valence-electron chi connectivity index (χ2n) is 6.77. The van der Waals surface area contributed by atoms with E-state index < -0.39 is 5.97 Å². The van der Waals surface area contributed by atoms with E-state index in [1.165, 1.54) is 0 Å². The molecule has 0 unspecified atom stereocenters. The van der Waals surface area contributed by atoms with Gasteiger partial charge in [0.25, 0.3) is 0 Å². The van der Waals surface area contributed by atoms with E-state index in [-0.39, 0.29) is 24.8 Å². The molecule has 0 amide bonds. The summed E-state index contributed by atoms with van der Waals surface area (Å²) in [5.74, 6) is 0.898. The summed E-state index contributed by atoms with van der Waals surface area (Å²) in [6, 6.07) is 21.6. The van der Waals surface area contributed by atoms with Gasteiger partial charge in [0.1, 0.15) is 23.9 Å². The Bertz CT molecular complexity index is 1130. The molecule has 0 aromatic heterocycles. The van der Waals surface area contributed by atoms with Crippen molar-refractivity contribution in [3.8, 4) is 17.2 Å². The number of Topliss-reactive ketones (excluding diaryl/α,β-unsaturated/α-hetero) is 1. The SMILES string of the molecule is COc1ccccc1/C=C1\Oc2cc(OCC(=O)OCc3ccccc3)ccc2C1=O. The standard InChI is InChI=1S/C25H20O6/c1-28-21-10-6-5-9-18(21)13-23-25(27)20-12-11-19(14-22(20)31-23)29-16-24(26)30-15-17-7-3-2-4-8-17/h2-14H,15-16H2,1H3/b23-13-. The second kappa shape index (κ2) is 9.17. The van der Waals surface area contributed by atoms with Crippen LogP contribution in [0.25, 0.3) is 6.08 Å². The van der Waals surface area contributed by atoms with Crippen LogP contribution < -0.4 is 14.2 Å². The van der Waals surface area contributed by atoms with E-state index in [2.05, 4.69) is 0 Å². The fourth-order valence-electron chi connectivity index (χ4n) is 3.11. The summed E-state index contributed by atoms with van der Waals surface area (Å²) < 4.78 is 21.7. The molecule has 4 rings (SSSR count). The van der Waals surface area contributed by atoms with Crippen molar-refractivity contribution in [2.24, 2.45) is 0 Å². The molecule has 1 aliphatic heterocycles. The molecule has 1 aliphatic rings. The van der Waals surface area contributed by atoms with Gasteiger partial charge in [-0.05, 0) is 29.8 Å². The number of methoxy groups -OCH3 is 1. The molecule has 0 radical (unpaired) electrons. The second-order valence-corrected chi connectivity index (χ2v) is 6.77. The fraction of sp³-hybridized carbons (Fsp3) is 0.120. The zero-order chi connectivity index (χ0) is 21.6. The maximum absolute atomic E-state index is 12.6. The summed E-state index contributed by atoms with van der Waals surface area (Å²) in [4.78, 5) is 24.6. The first-order chi connectivity index (χ1) is 15.1. The van der Waals surface area contributed by atoms with Gasteiger partial charge in [0.05, 0.1) is 12.7 Å². The van der Waals surface area contributed by atoms with Crippen molar-refractivity contribution in [2.45, 2.75) is 6.61 Å². The van der Waals surface area contributed by atoms with E-state index in [0.29, 0.717) is 22.8 Å². The number of esters is 1. The van der Waals surface area contributed by atoms with Crippen LogP contribution in [-0.4, -0.2) is 25.5 Å². The van der Waals surface area contributed by atoms with Crippen LogP contribution in [0.5, 0.6) is 17.2 Å². The summed E-state index contributed by atoms with van der Waals surface area (Å²) in [5.41, 5.74) is 2.06. The van der Waals surface area contributed by atoms with Gasteiger partial charge in [0.2, 0.25) is 5.78 Å². The van der Waals surface area contributed by atoms with E-state index in [4.69, 9.17) is 18.9 Å². The predicted molar refractivity (Wildman–Crippen MR) is 114 cm³/mol. The molecule has 31 heavy (non-hydrogen) atoms. The number of carbonyl (C=O) groups is 2. The number of ether oxygens (including phenoxy) is 4. The number of carbonyl (C=O) groups excluding carboxylic acids is 2. The summed E-state index contributed by atoms with van der Waals surface area (Å²) in [7, 11) is 1.57. The normalized spacial score (nSPS) is 13.5. The van der Waals surface area contributed by atoms with Gasteiger partial charge in [0.15, 0.2) is 12.4 Å². The number of benzene rings is 3. The minimum absolute atomic E-state index is 0.182. The zero-order valence-corrected chi connectivity index (χ0v) is 16.9. The Morgan fingerprint density at radius 2 is 1.77 bits per heavy atom. The lowest BCUT2D eigenvalue weighted by Gasteiger charge is -2.08. The predicted octanol–water partition coefficient (Wildman–Crippen LogP) is 4.43. The highest BCUT2D eigenvalue weighted by Crippen LogP contribution is 2.35. The topological polar surface area (TPSA) is 71.1 Å². The smallest absolute Gasteiger partial charge is 0.344 e. The molecule has 0 N–H and O–H groups in total. The number of ketones is 1. The first-order valence-corrected chi connectivity index (χ1v) is 9.67. The van der Waals surface area contributed by atoms with Crippen molar-refractivity contribution < 1.29 is 28.5 Å². The van der Waals surface area contributed by atoms with E-state index >= 15 is 0 Å². The molecule has 0 bridgehead atoms. The molecule has 3 aromatic rings. The van der Waals surface area contributed by atoms with Crippen molar-refractivity contribution in [3.05, 3.63) is 95.2 Å². The third kappa shape index (κ3) is 4.75. The zero-order valence-electron chi connectivity index (χ0n) is 16.9. The summed E-state index contributed by atoms with van der Waals surface area (Å²) in [5, 5.41) is 0. The van der Waals surface area contributed by atoms with Crippen LogP contribution in [0.4, 0.5) is 0 Å². The fourth-order valence-corrected chi connectivity index (χ4v) is 3.11. The minimum Gasteiger partial charge on any atom is -0.496 e. The number of rotatable bonds is 7. The van der Waals surface area contributed by atoms with Crippen LogP contribution in [0.1, 0.15) is 21.5 Å². The van der Waals surface area contributed by atoms with Crippen molar-refractivity contribution in [2.75, 3.05) is 13.7 Å².